The Balaban J connectivity index is 2.35. The summed E-state index contributed by atoms with van der Waals surface area (Å²) < 4.78 is 0. The predicted molar refractivity (Wildman–Crippen MR) is 27.9 cm³/mol. The van der Waals surface area contributed by atoms with Crippen molar-refractivity contribution in [1.82, 2.24) is 10.6 Å². The lowest BCUT2D eigenvalue weighted by Crippen LogP contribution is -2.28. The van der Waals surface area contributed by atoms with Gasteiger partial charge in [0.25, 0.3) is 0 Å². The minimum absolute atomic E-state index is 0.188. The van der Waals surface area contributed by atoms with Crippen molar-refractivity contribution in [1.29, 1.82) is 0 Å². The molecule has 0 aliphatic carbocycles. The van der Waals surface area contributed by atoms with Crippen LogP contribution in [0.5, 0.6) is 0 Å². The third-order valence-electron chi connectivity index (χ3n) is 0.982. The second-order valence-electron chi connectivity index (χ2n) is 1.53. The maximum atomic E-state index is 9.59. The molecule has 0 spiro atoms. The van der Waals surface area contributed by atoms with Crippen molar-refractivity contribution in [3.8, 4) is 0 Å². The normalized spacial score (nSPS) is 20.5. The fourth-order valence-corrected chi connectivity index (χ4v) is 0.634. The number of hydrogen-bond donors (Lipinski definition) is 2. The van der Waals surface area contributed by atoms with Crippen LogP contribution in [0.3, 0.4) is 0 Å². The van der Waals surface area contributed by atoms with E-state index in [1.165, 1.54) is 6.08 Å². The molecule has 0 atom stereocenters. The van der Waals surface area contributed by atoms with Crippen LogP contribution in [0.25, 0.3) is 0 Å². The van der Waals surface area contributed by atoms with Gasteiger partial charge in [-0.3, -0.25) is 10.6 Å². The number of nitrogens with one attached hydrogen (secondary N) is 2. The molecule has 2 N–H and O–H groups in total. The van der Waals surface area contributed by atoms with Crippen molar-refractivity contribution < 1.29 is 4.79 Å². The van der Waals surface area contributed by atoms with Gasteiger partial charge in [-0.2, -0.15) is 4.99 Å². The molecule has 0 aromatic rings. The highest BCUT2D eigenvalue weighted by Gasteiger charge is 2.08. The Morgan fingerprint density at radius 1 is 1.50 bits per heavy atom. The van der Waals surface area contributed by atoms with E-state index < -0.39 is 0 Å². The molecule has 0 bridgehead atoms. The summed E-state index contributed by atoms with van der Waals surface area (Å²) in [5.41, 5.74) is 0. The van der Waals surface area contributed by atoms with E-state index in [9.17, 15) is 4.79 Å². The molecule has 1 aliphatic heterocycles. The van der Waals surface area contributed by atoms with E-state index in [-0.39, 0.29) is 6.29 Å². The van der Waals surface area contributed by atoms with Crippen LogP contribution in [0.2, 0.25) is 0 Å². The van der Waals surface area contributed by atoms with Crippen LogP contribution < -0.4 is 10.6 Å². The molecule has 1 saturated heterocycles. The number of aliphatic imine (C=N–C) groups is 1. The summed E-state index contributed by atoms with van der Waals surface area (Å²) in [6.45, 7) is 1.74. The SMILES string of the molecule is O=C=NC1NCCN1. The van der Waals surface area contributed by atoms with Crippen molar-refractivity contribution in [2.24, 2.45) is 4.99 Å². The van der Waals surface area contributed by atoms with E-state index in [2.05, 4.69) is 15.6 Å². The van der Waals surface area contributed by atoms with Crippen molar-refractivity contribution in [2.75, 3.05) is 13.1 Å². The van der Waals surface area contributed by atoms with Gasteiger partial charge in [-0.05, 0) is 0 Å². The maximum absolute atomic E-state index is 9.59. The molecule has 0 aromatic carbocycles. The lowest BCUT2D eigenvalue weighted by atomic mass is 10.7. The average molecular weight is 113 g/mol. The molecule has 0 amide bonds. The lowest BCUT2D eigenvalue weighted by Gasteiger charge is -1.97. The van der Waals surface area contributed by atoms with Gasteiger partial charge >= 0.3 is 0 Å². The molecule has 1 aliphatic rings. The van der Waals surface area contributed by atoms with E-state index in [0.29, 0.717) is 0 Å². The Morgan fingerprint density at radius 3 is 2.62 bits per heavy atom. The molecule has 1 fully saturated rings. The summed E-state index contributed by atoms with van der Waals surface area (Å²) in [6, 6.07) is 0. The monoisotopic (exact) mass is 113 g/mol. The van der Waals surface area contributed by atoms with Crippen molar-refractivity contribution >= 4 is 6.08 Å². The van der Waals surface area contributed by atoms with Crippen LogP contribution in [0.15, 0.2) is 4.99 Å². The summed E-state index contributed by atoms with van der Waals surface area (Å²) in [6.07, 6.45) is 1.27. The molecule has 8 heavy (non-hydrogen) atoms. The van der Waals surface area contributed by atoms with Crippen LogP contribution >= 0.6 is 0 Å². The Hall–Kier alpha value is -0.700. The van der Waals surface area contributed by atoms with Crippen LogP contribution in [0.1, 0.15) is 0 Å². The highest BCUT2D eigenvalue weighted by atomic mass is 16.1. The summed E-state index contributed by atoms with van der Waals surface area (Å²) in [4.78, 5) is 13.0. The molecular weight excluding hydrogens is 106 g/mol. The van der Waals surface area contributed by atoms with Crippen LogP contribution in [-0.2, 0) is 4.79 Å². The topological polar surface area (TPSA) is 53.5 Å². The molecular formula is C4H7N3O. The van der Waals surface area contributed by atoms with Gasteiger partial charge in [0.2, 0.25) is 6.08 Å². The van der Waals surface area contributed by atoms with Gasteiger partial charge in [0, 0.05) is 13.1 Å². The van der Waals surface area contributed by atoms with E-state index in [1.54, 1.807) is 0 Å². The highest BCUT2D eigenvalue weighted by Crippen LogP contribution is 1.82. The van der Waals surface area contributed by atoms with Crippen molar-refractivity contribution in [3.05, 3.63) is 0 Å². The molecule has 1 heterocycles. The van der Waals surface area contributed by atoms with Crippen LogP contribution in [0.4, 0.5) is 0 Å². The Morgan fingerprint density at radius 2 is 2.12 bits per heavy atom. The first-order chi connectivity index (χ1) is 3.93. The first-order valence-corrected chi connectivity index (χ1v) is 2.47. The van der Waals surface area contributed by atoms with Crippen molar-refractivity contribution in [2.45, 2.75) is 6.29 Å². The Kier molecular flexibility index (Phi) is 1.75. The number of rotatable bonds is 1. The maximum Gasteiger partial charge on any atom is 0.237 e. The van der Waals surface area contributed by atoms with Crippen LogP contribution in [-0.4, -0.2) is 25.5 Å². The molecule has 1 rings (SSSR count). The molecule has 4 nitrogen and oxygen atoms in total. The van der Waals surface area contributed by atoms with E-state index in [0.717, 1.165) is 13.1 Å². The van der Waals surface area contributed by atoms with Gasteiger partial charge in [-0.15, -0.1) is 0 Å². The first kappa shape index (κ1) is 5.44. The molecule has 44 valence electrons. The smallest absolute Gasteiger partial charge is 0.237 e. The van der Waals surface area contributed by atoms with Gasteiger partial charge in [0.1, 0.15) is 0 Å². The number of nitrogens with zero attached hydrogens (tertiary/aromatic N) is 1. The van der Waals surface area contributed by atoms with Gasteiger partial charge < -0.3 is 0 Å². The van der Waals surface area contributed by atoms with Gasteiger partial charge in [0.15, 0.2) is 6.29 Å². The lowest BCUT2D eigenvalue weighted by molar-refractivity contribution is 0.537. The average Bonchev–Trinajstić information content (AvgIpc) is 2.19. The van der Waals surface area contributed by atoms with Gasteiger partial charge in [-0.1, -0.05) is 0 Å². The largest absolute Gasteiger partial charge is 0.281 e. The fraction of sp³-hybridized carbons (Fsp3) is 0.750. The van der Waals surface area contributed by atoms with E-state index in [1.807, 2.05) is 0 Å². The summed E-state index contributed by atoms with van der Waals surface area (Å²) >= 11 is 0. The zero-order valence-electron chi connectivity index (χ0n) is 4.35. The standard InChI is InChI=1S/C4H7N3O/c8-3-7-4-5-1-2-6-4/h4-6H,1-2H2. The summed E-state index contributed by atoms with van der Waals surface area (Å²) in [5, 5.41) is 5.83. The first-order valence-electron chi connectivity index (χ1n) is 2.47. The number of isocyanates is 1. The number of hydrogen-bond acceptors (Lipinski definition) is 4. The molecule has 0 unspecified atom stereocenters. The predicted octanol–water partition coefficient (Wildman–Crippen LogP) is -1.20. The summed E-state index contributed by atoms with van der Waals surface area (Å²) in [5.74, 6) is 0. The minimum Gasteiger partial charge on any atom is -0.281 e. The van der Waals surface area contributed by atoms with Crippen molar-refractivity contribution in [3.63, 3.8) is 0 Å². The fourth-order valence-electron chi connectivity index (χ4n) is 0.634. The number of carbonyl (C=O) groups excluding carboxylic acids is 1. The third kappa shape index (κ3) is 1.13. The molecule has 0 aromatic heterocycles. The minimum atomic E-state index is -0.188. The zero-order valence-corrected chi connectivity index (χ0v) is 4.35. The molecule has 0 radical (unpaired) electrons. The van der Waals surface area contributed by atoms with Gasteiger partial charge in [-0.25, -0.2) is 4.79 Å². The van der Waals surface area contributed by atoms with E-state index >= 15 is 0 Å². The Labute approximate surface area is 47.0 Å². The van der Waals surface area contributed by atoms with Crippen LogP contribution in [0, 0.1) is 0 Å². The van der Waals surface area contributed by atoms with Gasteiger partial charge in [0.05, 0.1) is 0 Å². The Bertz CT molecular complexity index is 112. The quantitative estimate of drug-likeness (QED) is 0.331. The highest BCUT2D eigenvalue weighted by molar-refractivity contribution is 5.33. The zero-order chi connectivity index (χ0) is 5.82. The molecule has 4 heteroatoms. The van der Waals surface area contributed by atoms with E-state index in [4.69, 9.17) is 0 Å². The molecule has 0 saturated carbocycles. The summed E-state index contributed by atoms with van der Waals surface area (Å²) in [7, 11) is 0. The second kappa shape index (κ2) is 2.57. The third-order valence-corrected chi connectivity index (χ3v) is 0.982. The second-order valence-corrected chi connectivity index (χ2v) is 1.53.